The molecule has 1 aliphatic rings. The zero-order valence-corrected chi connectivity index (χ0v) is 29.9. The third-order valence-corrected chi connectivity index (χ3v) is 8.97. The molecule has 4 atom stereocenters. The molecule has 0 aromatic heterocycles. The first-order valence-corrected chi connectivity index (χ1v) is 17.8. The summed E-state index contributed by atoms with van der Waals surface area (Å²) in [6.07, 6.45) is 1.32. The van der Waals surface area contributed by atoms with Crippen LogP contribution in [-0.4, -0.2) is 100 Å². The summed E-state index contributed by atoms with van der Waals surface area (Å²) in [6, 6.07) is 10.1. The van der Waals surface area contributed by atoms with E-state index >= 15 is 0 Å². The normalized spacial score (nSPS) is 15.6. The number of carboxylic acid groups (broad SMARTS) is 1. The third-order valence-electron chi connectivity index (χ3n) is 8.73. The summed E-state index contributed by atoms with van der Waals surface area (Å²) in [5.74, 6) is -5.36. The van der Waals surface area contributed by atoms with Gasteiger partial charge in [0.25, 0.3) is 0 Å². The first kappa shape index (κ1) is 41.9. The molecule has 0 radical (unpaired) electrons. The van der Waals surface area contributed by atoms with Crippen LogP contribution in [-0.2, 0) is 35.2 Å². The number of benzene rings is 2. The van der Waals surface area contributed by atoms with Crippen LogP contribution in [0.4, 0.5) is 4.79 Å². The predicted molar refractivity (Wildman–Crippen MR) is 193 cm³/mol. The molecule has 3 rings (SSSR count). The number of piperidine rings is 1. The standard InChI is InChI=1S/C36H46ClN7O9/c37-21-29(45)41-27(17-18-30(46)47)35(52)44-20-5-4-10-28(44)34(51)43-26(33(50)42-25(32(38)49)9-6-19-40-36(39)53)16-13-22-11-14-24(15-12-22)31(48)23-7-2-1-3-8-23/h1-3,7-8,11-12,14-15,25-28H,4-6,9-10,13,16-21H2,(H2,38,49)(H,41,45)(H,42,50)(H,43,51)(H,46,47)(H3,39,40,53)/t25-,26-,27-,28-/m0/s1. The molecule has 1 saturated heterocycles. The number of rotatable bonds is 20. The summed E-state index contributed by atoms with van der Waals surface area (Å²) >= 11 is 5.62. The SMILES string of the molecule is NC(=O)NCCC[C@H](NC(=O)[C@H](CCc1ccc(C(=O)c2ccccc2)cc1)NC(=O)[C@@H]1CCCCN1C(=O)[C@H](CCC(=O)O)NC(=O)CCl)C(N)=O. The van der Waals surface area contributed by atoms with Gasteiger partial charge in [0.1, 0.15) is 30.0 Å². The molecule has 53 heavy (non-hydrogen) atoms. The van der Waals surface area contributed by atoms with Gasteiger partial charge in [-0.3, -0.25) is 33.6 Å². The number of nitrogens with zero attached hydrogens (tertiary/aromatic N) is 1. The monoisotopic (exact) mass is 755 g/mol. The lowest BCUT2D eigenvalue weighted by Crippen LogP contribution is -2.60. The fraction of sp³-hybridized carbons (Fsp3) is 0.444. The van der Waals surface area contributed by atoms with Crippen LogP contribution >= 0.6 is 11.6 Å². The molecule has 1 aliphatic heterocycles. The molecule has 2 aromatic rings. The van der Waals surface area contributed by atoms with E-state index in [0.29, 0.717) is 24.0 Å². The van der Waals surface area contributed by atoms with Crippen molar-refractivity contribution in [2.24, 2.45) is 11.5 Å². The zero-order valence-electron chi connectivity index (χ0n) is 29.2. The first-order chi connectivity index (χ1) is 25.3. The van der Waals surface area contributed by atoms with E-state index in [2.05, 4.69) is 21.3 Å². The van der Waals surface area contributed by atoms with Gasteiger partial charge in [-0.25, -0.2) is 4.79 Å². The second kappa shape index (κ2) is 21.1. The molecule has 9 N–H and O–H groups in total. The summed E-state index contributed by atoms with van der Waals surface area (Å²) in [5.41, 5.74) is 12.4. The van der Waals surface area contributed by atoms with E-state index in [4.69, 9.17) is 23.1 Å². The Morgan fingerprint density at radius 2 is 1.49 bits per heavy atom. The molecule has 1 heterocycles. The number of ketones is 1. The highest BCUT2D eigenvalue weighted by Gasteiger charge is 2.38. The van der Waals surface area contributed by atoms with Gasteiger partial charge in [-0.1, -0.05) is 54.6 Å². The molecule has 2 aromatic carbocycles. The maximum atomic E-state index is 13.9. The van der Waals surface area contributed by atoms with Gasteiger partial charge in [-0.15, -0.1) is 11.6 Å². The minimum atomic E-state index is -1.25. The quantitative estimate of drug-likeness (QED) is 0.0570. The largest absolute Gasteiger partial charge is 0.481 e. The minimum Gasteiger partial charge on any atom is -0.481 e. The fourth-order valence-corrected chi connectivity index (χ4v) is 6.01. The Balaban J connectivity index is 1.81. The van der Waals surface area contributed by atoms with Crippen molar-refractivity contribution in [1.82, 2.24) is 26.2 Å². The molecular formula is C36H46ClN7O9. The number of nitrogens with one attached hydrogen (secondary N) is 4. The van der Waals surface area contributed by atoms with Crippen LogP contribution in [0.5, 0.6) is 0 Å². The van der Waals surface area contributed by atoms with Crippen molar-refractivity contribution < 1.29 is 43.5 Å². The second-order valence-electron chi connectivity index (χ2n) is 12.6. The summed E-state index contributed by atoms with van der Waals surface area (Å²) in [5, 5.41) is 19.4. The number of carbonyl (C=O) groups excluding carboxylic acids is 7. The molecule has 286 valence electrons. The van der Waals surface area contributed by atoms with Crippen LogP contribution in [0.2, 0.25) is 0 Å². The van der Waals surface area contributed by atoms with E-state index in [0.717, 1.165) is 5.56 Å². The highest BCUT2D eigenvalue weighted by atomic mass is 35.5. The topological polar surface area (TPSA) is 260 Å². The van der Waals surface area contributed by atoms with E-state index < -0.39 is 78.0 Å². The Morgan fingerprint density at radius 3 is 2.11 bits per heavy atom. The van der Waals surface area contributed by atoms with Crippen LogP contribution in [0.1, 0.15) is 72.9 Å². The Labute approximate surface area is 311 Å². The molecule has 17 heteroatoms. The highest BCUT2D eigenvalue weighted by molar-refractivity contribution is 6.27. The van der Waals surface area contributed by atoms with E-state index in [1.54, 1.807) is 48.5 Å². The number of hydrogen-bond donors (Lipinski definition) is 7. The summed E-state index contributed by atoms with van der Waals surface area (Å²) < 4.78 is 0. The number of likely N-dealkylation sites (tertiary alicyclic amines) is 1. The third kappa shape index (κ3) is 13.5. The van der Waals surface area contributed by atoms with Crippen molar-refractivity contribution in [1.29, 1.82) is 0 Å². The first-order valence-electron chi connectivity index (χ1n) is 17.3. The molecule has 0 spiro atoms. The van der Waals surface area contributed by atoms with E-state index in [1.165, 1.54) is 4.90 Å². The van der Waals surface area contributed by atoms with Gasteiger partial charge >= 0.3 is 12.0 Å². The molecule has 0 saturated carbocycles. The molecule has 7 amide bonds. The number of carboxylic acids is 1. The molecule has 0 bridgehead atoms. The van der Waals surface area contributed by atoms with Gasteiger partial charge in [0, 0.05) is 30.6 Å². The molecule has 1 fully saturated rings. The second-order valence-corrected chi connectivity index (χ2v) is 12.9. The average molecular weight is 756 g/mol. The number of nitrogens with two attached hydrogens (primary N) is 2. The lowest BCUT2D eigenvalue weighted by Gasteiger charge is -2.37. The summed E-state index contributed by atoms with van der Waals surface area (Å²) in [6.45, 7) is 0.271. The van der Waals surface area contributed by atoms with Gasteiger partial charge in [0.15, 0.2) is 5.78 Å². The van der Waals surface area contributed by atoms with Crippen molar-refractivity contribution in [2.45, 2.75) is 82.0 Å². The van der Waals surface area contributed by atoms with Gasteiger partial charge in [0.05, 0.1) is 0 Å². The van der Waals surface area contributed by atoms with E-state index in [9.17, 15) is 43.5 Å². The average Bonchev–Trinajstić information content (AvgIpc) is 3.15. The number of aliphatic carboxylic acids is 1. The lowest BCUT2D eigenvalue weighted by atomic mass is 9.97. The van der Waals surface area contributed by atoms with Crippen molar-refractivity contribution in [3.63, 3.8) is 0 Å². The Hall–Kier alpha value is -5.51. The maximum Gasteiger partial charge on any atom is 0.312 e. The maximum absolute atomic E-state index is 13.9. The van der Waals surface area contributed by atoms with Crippen molar-refractivity contribution in [2.75, 3.05) is 19.0 Å². The van der Waals surface area contributed by atoms with Gasteiger partial charge in [-0.2, -0.15) is 0 Å². The van der Waals surface area contributed by atoms with Gasteiger partial charge in [-0.05, 0) is 56.9 Å². The van der Waals surface area contributed by atoms with Crippen molar-refractivity contribution in [3.05, 3.63) is 71.3 Å². The van der Waals surface area contributed by atoms with Crippen LogP contribution in [0.25, 0.3) is 0 Å². The number of hydrogen-bond acceptors (Lipinski definition) is 8. The Morgan fingerprint density at radius 1 is 0.811 bits per heavy atom. The van der Waals surface area contributed by atoms with E-state index in [-0.39, 0.29) is 57.4 Å². The molecule has 0 aliphatic carbocycles. The number of primary amides is 2. The molecule has 16 nitrogen and oxygen atoms in total. The van der Waals surface area contributed by atoms with Crippen LogP contribution in [0.3, 0.4) is 0 Å². The number of aryl methyl sites for hydroxylation is 1. The minimum absolute atomic E-state index is 0.0476. The van der Waals surface area contributed by atoms with Gasteiger partial charge in [0.2, 0.25) is 29.5 Å². The highest BCUT2D eigenvalue weighted by Crippen LogP contribution is 2.21. The van der Waals surface area contributed by atoms with Crippen molar-refractivity contribution >= 4 is 58.9 Å². The van der Waals surface area contributed by atoms with Crippen LogP contribution < -0.4 is 32.7 Å². The van der Waals surface area contributed by atoms with Gasteiger partial charge < -0.3 is 42.7 Å². The lowest BCUT2D eigenvalue weighted by molar-refractivity contribution is -0.146. The summed E-state index contributed by atoms with van der Waals surface area (Å²) in [4.78, 5) is 102. The number of urea groups is 1. The predicted octanol–water partition coefficient (Wildman–Crippen LogP) is 0.723. The Bertz CT molecular complexity index is 1620. The number of alkyl halides is 1. The zero-order chi connectivity index (χ0) is 38.9. The van der Waals surface area contributed by atoms with Crippen molar-refractivity contribution in [3.8, 4) is 0 Å². The van der Waals surface area contributed by atoms with Crippen LogP contribution in [0.15, 0.2) is 54.6 Å². The van der Waals surface area contributed by atoms with Crippen LogP contribution in [0, 0.1) is 0 Å². The summed E-state index contributed by atoms with van der Waals surface area (Å²) in [7, 11) is 0. The molecule has 0 unspecified atom stereocenters. The fourth-order valence-electron chi connectivity index (χ4n) is 5.93. The smallest absolute Gasteiger partial charge is 0.312 e. The molecular weight excluding hydrogens is 710 g/mol. The number of carbonyl (C=O) groups is 8. The number of amides is 7. The Kier molecular flexibility index (Phi) is 16.7. The van der Waals surface area contributed by atoms with E-state index in [1.807, 2.05) is 6.07 Å². The number of halogens is 1.